The fourth-order valence-electron chi connectivity index (χ4n) is 3.18. The molecule has 0 bridgehead atoms. The number of nitrogens with zero attached hydrogens (tertiary/aromatic N) is 1. The monoisotopic (exact) mass is 438 g/mol. The first-order valence-electron chi connectivity index (χ1n) is 9.85. The standard InChI is InChI=1S/C24H26N2O4S/c1-18-13-19(2)15-22(14-18)30-17-24(27)25-21-9-11-23(12-10-21)31(28,29)26(3)16-20-7-5-4-6-8-20/h4-15H,16-17H2,1-3H3,(H,25,27). The summed E-state index contributed by atoms with van der Waals surface area (Å²) in [5.74, 6) is 0.312. The molecule has 0 heterocycles. The fourth-order valence-corrected chi connectivity index (χ4v) is 4.34. The molecule has 0 saturated carbocycles. The second-order valence-corrected chi connectivity index (χ2v) is 9.48. The van der Waals surface area contributed by atoms with Crippen molar-refractivity contribution in [3.8, 4) is 5.75 Å². The lowest BCUT2D eigenvalue weighted by Gasteiger charge is -2.17. The first kappa shape index (κ1) is 22.5. The Morgan fingerprint density at radius 3 is 2.16 bits per heavy atom. The lowest BCUT2D eigenvalue weighted by molar-refractivity contribution is -0.118. The highest BCUT2D eigenvalue weighted by molar-refractivity contribution is 7.89. The van der Waals surface area contributed by atoms with Gasteiger partial charge in [-0.25, -0.2) is 8.42 Å². The summed E-state index contributed by atoms with van der Waals surface area (Å²) >= 11 is 0. The van der Waals surface area contributed by atoms with Crippen molar-refractivity contribution in [2.45, 2.75) is 25.3 Å². The Hall–Kier alpha value is -3.16. The lowest BCUT2D eigenvalue weighted by atomic mass is 10.1. The molecular formula is C24H26N2O4S. The van der Waals surface area contributed by atoms with Crippen molar-refractivity contribution in [1.29, 1.82) is 0 Å². The largest absolute Gasteiger partial charge is 0.484 e. The van der Waals surface area contributed by atoms with E-state index < -0.39 is 10.0 Å². The molecule has 0 radical (unpaired) electrons. The number of ether oxygens (including phenoxy) is 1. The third-order valence-electron chi connectivity index (χ3n) is 4.66. The van der Waals surface area contributed by atoms with Gasteiger partial charge in [0, 0.05) is 19.3 Å². The van der Waals surface area contributed by atoms with E-state index in [-0.39, 0.29) is 24.0 Å². The Bertz CT molecular complexity index is 1120. The van der Waals surface area contributed by atoms with Crippen LogP contribution in [0.3, 0.4) is 0 Å². The molecule has 1 N–H and O–H groups in total. The molecule has 0 atom stereocenters. The summed E-state index contributed by atoms with van der Waals surface area (Å²) in [7, 11) is -2.10. The number of benzene rings is 3. The van der Waals surface area contributed by atoms with Crippen LogP contribution in [0.4, 0.5) is 5.69 Å². The predicted octanol–water partition coefficient (Wildman–Crippen LogP) is 4.14. The molecule has 0 aliphatic rings. The Balaban J connectivity index is 1.59. The topological polar surface area (TPSA) is 75.7 Å². The third-order valence-corrected chi connectivity index (χ3v) is 6.48. The summed E-state index contributed by atoms with van der Waals surface area (Å²) in [5, 5.41) is 2.72. The molecular weight excluding hydrogens is 412 g/mol. The van der Waals surface area contributed by atoms with E-state index >= 15 is 0 Å². The molecule has 0 aliphatic carbocycles. The van der Waals surface area contributed by atoms with Gasteiger partial charge in [-0.1, -0.05) is 36.4 Å². The molecule has 6 nitrogen and oxygen atoms in total. The van der Waals surface area contributed by atoms with Gasteiger partial charge in [0.1, 0.15) is 5.75 Å². The number of nitrogens with one attached hydrogen (secondary N) is 1. The number of amides is 1. The molecule has 1 amide bonds. The Morgan fingerprint density at radius 2 is 1.55 bits per heavy atom. The Kier molecular flexibility index (Phi) is 7.09. The van der Waals surface area contributed by atoms with Crippen LogP contribution < -0.4 is 10.1 Å². The first-order valence-corrected chi connectivity index (χ1v) is 11.3. The van der Waals surface area contributed by atoms with E-state index in [9.17, 15) is 13.2 Å². The van der Waals surface area contributed by atoms with Crippen LogP contribution in [0.2, 0.25) is 0 Å². The van der Waals surface area contributed by atoms with Crippen LogP contribution in [0, 0.1) is 13.8 Å². The zero-order valence-corrected chi connectivity index (χ0v) is 18.6. The van der Waals surface area contributed by atoms with Gasteiger partial charge in [0.05, 0.1) is 4.90 Å². The number of carbonyl (C=O) groups excluding carboxylic acids is 1. The van der Waals surface area contributed by atoms with Crippen LogP contribution >= 0.6 is 0 Å². The van der Waals surface area contributed by atoms with E-state index in [1.54, 1.807) is 19.2 Å². The number of anilines is 1. The zero-order chi connectivity index (χ0) is 22.4. The number of carbonyl (C=O) groups is 1. The van der Waals surface area contributed by atoms with Crippen molar-refractivity contribution in [1.82, 2.24) is 4.31 Å². The molecule has 7 heteroatoms. The maximum atomic E-state index is 12.8. The highest BCUT2D eigenvalue weighted by Crippen LogP contribution is 2.20. The number of aryl methyl sites for hydroxylation is 2. The fraction of sp³-hybridized carbons (Fsp3) is 0.208. The molecule has 0 aromatic heterocycles. The number of hydrogen-bond donors (Lipinski definition) is 1. The summed E-state index contributed by atoms with van der Waals surface area (Å²) in [6.45, 7) is 4.07. The summed E-state index contributed by atoms with van der Waals surface area (Å²) < 4.78 is 32.5. The minimum Gasteiger partial charge on any atom is -0.484 e. The van der Waals surface area contributed by atoms with E-state index in [1.807, 2.05) is 62.4 Å². The average molecular weight is 439 g/mol. The van der Waals surface area contributed by atoms with Crippen molar-refractivity contribution in [3.63, 3.8) is 0 Å². The van der Waals surface area contributed by atoms with Gasteiger partial charge in [-0.2, -0.15) is 4.31 Å². The van der Waals surface area contributed by atoms with Crippen LogP contribution in [-0.2, 0) is 21.4 Å². The van der Waals surface area contributed by atoms with Crippen molar-refractivity contribution < 1.29 is 17.9 Å². The minimum atomic E-state index is -3.64. The molecule has 3 aromatic carbocycles. The van der Waals surface area contributed by atoms with Crippen molar-refractivity contribution in [3.05, 3.63) is 89.5 Å². The summed E-state index contributed by atoms with van der Waals surface area (Å²) in [4.78, 5) is 12.3. The van der Waals surface area contributed by atoms with Gasteiger partial charge in [0.15, 0.2) is 6.61 Å². The normalized spacial score (nSPS) is 11.4. The zero-order valence-electron chi connectivity index (χ0n) is 17.8. The van der Waals surface area contributed by atoms with Gasteiger partial charge in [-0.15, -0.1) is 0 Å². The number of hydrogen-bond acceptors (Lipinski definition) is 4. The predicted molar refractivity (Wildman–Crippen MR) is 122 cm³/mol. The summed E-state index contributed by atoms with van der Waals surface area (Å²) in [5.41, 5.74) is 3.52. The highest BCUT2D eigenvalue weighted by Gasteiger charge is 2.20. The van der Waals surface area contributed by atoms with Crippen LogP contribution in [0.1, 0.15) is 16.7 Å². The lowest BCUT2D eigenvalue weighted by Crippen LogP contribution is -2.26. The van der Waals surface area contributed by atoms with Crippen LogP contribution in [0.15, 0.2) is 77.7 Å². The van der Waals surface area contributed by atoms with Crippen LogP contribution in [0.5, 0.6) is 5.75 Å². The minimum absolute atomic E-state index is 0.136. The maximum Gasteiger partial charge on any atom is 0.262 e. The van der Waals surface area contributed by atoms with Gasteiger partial charge in [0.2, 0.25) is 10.0 Å². The van der Waals surface area contributed by atoms with Gasteiger partial charge < -0.3 is 10.1 Å². The molecule has 0 saturated heterocycles. The van der Waals surface area contributed by atoms with E-state index in [0.717, 1.165) is 16.7 Å². The molecule has 0 aliphatic heterocycles. The smallest absolute Gasteiger partial charge is 0.262 e. The third kappa shape index (κ3) is 6.16. The molecule has 0 unspecified atom stereocenters. The Labute approximate surface area is 183 Å². The van der Waals surface area contributed by atoms with Crippen LogP contribution in [-0.4, -0.2) is 32.3 Å². The van der Waals surface area contributed by atoms with E-state index in [1.165, 1.54) is 16.4 Å². The molecule has 0 fully saturated rings. The molecule has 162 valence electrons. The molecule has 31 heavy (non-hydrogen) atoms. The SMILES string of the molecule is Cc1cc(C)cc(OCC(=O)Nc2ccc(S(=O)(=O)N(C)Cc3ccccc3)cc2)c1. The van der Waals surface area contributed by atoms with E-state index in [4.69, 9.17) is 4.74 Å². The second-order valence-electron chi connectivity index (χ2n) is 7.43. The number of rotatable bonds is 8. The number of sulfonamides is 1. The van der Waals surface area contributed by atoms with Crippen LogP contribution in [0.25, 0.3) is 0 Å². The first-order chi connectivity index (χ1) is 14.7. The maximum absolute atomic E-state index is 12.8. The highest BCUT2D eigenvalue weighted by atomic mass is 32.2. The quantitative estimate of drug-likeness (QED) is 0.574. The van der Waals surface area contributed by atoms with Gasteiger partial charge in [-0.05, 0) is 66.9 Å². The molecule has 3 rings (SSSR count). The van der Waals surface area contributed by atoms with Crippen molar-refractivity contribution in [2.75, 3.05) is 19.0 Å². The van der Waals surface area contributed by atoms with Gasteiger partial charge >= 0.3 is 0 Å². The van der Waals surface area contributed by atoms with Crippen molar-refractivity contribution >= 4 is 21.6 Å². The Morgan fingerprint density at radius 1 is 0.935 bits per heavy atom. The van der Waals surface area contributed by atoms with Gasteiger partial charge in [-0.3, -0.25) is 4.79 Å². The summed E-state index contributed by atoms with van der Waals surface area (Å²) in [6, 6.07) is 21.3. The average Bonchev–Trinajstić information content (AvgIpc) is 2.73. The van der Waals surface area contributed by atoms with E-state index in [2.05, 4.69) is 5.32 Å². The molecule has 0 spiro atoms. The molecule has 3 aromatic rings. The van der Waals surface area contributed by atoms with E-state index in [0.29, 0.717) is 11.4 Å². The second kappa shape index (κ2) is 9.76. The summed E-state index contributed by atoms with van der Waals surface area (Å²) in [6.07, 6.45) is 0. The van der Waals surface area contributed by atoms with Gasteiger partial charge in [0.25, 0.3) is 5.91 Å². The van der Waals surface area contributed by atoms with Crippen molar-refractivity contribution in [2.24, 2.45) is 0 Å².